The van der Waals surface area contributed by atoms with Crippen LogP contribution in [0.2, 0.25) is 0 Å². The predicted molar refractivity (Wildman–Crippen MR) is 53.2 cm³/mol. The number of hydrogen-bond donors (Lipinski definition) is 0. The van der Waals surface area contributed by atoms with Gasteiger partial charge in [0.05, 0.1) is 17.0 Å². The van der Waals surface area contributed by atoms with Gasteiger partial charge >= 0.3 is 0 Å². The average Bonchev–Trinajstić information content (AvgIpc) is 2.49. The summed E-state index contributed by atoms with van der Waals surface area (Å²) in [6, 6.07) is 7.86. The van der Waals surface area contributed by atoms with E-state index in [9.17, 15) is 0 Å². The Hall–Kier alpha value is -1.27. The summed E-state index contributed by atoms with van der Waals surface area (Å²) in [5, 5.41) is 9.55. The fourth-order valence-corrected chi connectivity index (χ4v) is 1.65. The number of nitriles is 1. The molecule has 0 radical (unpaired) electrons. The highest BCUT2D eigenvalue weighted by Gasteiger charge is 2.03. The summed E-state index contributed by atoms with van der Waals surface area (Å²) in [7, 11) is 0. The molecule has 1 aromatic carbocycles. The third kappa shape index (κ3) is 1.45. The summed E-state index contributed by atoms with van der Waals surface area (Å²) >= 11 is 3.38. The molecule has 1 heterocycles. The van der Waals surface area contributed by atoms with E-state index in [1.807, 2.05) is 18.2 Å². The average molecular weight is 236 g/mol. The third-order valence-corrected chi connectivity index (χ3v) is 2.49. The van der Waals surface area contributed by atoms with Gasteiger partial charge in [0, 0.05) is 5.39 Å². The Morgan fingerprint density at radius 2 is 2.31 bits per heavy atom. The monoisotopic (exact) mass is 235 g/mol. The van der Waals surface area contributed by atoms with E-state index in [0.717, 1.165) is 21.0 Å². The molecular formula is C10H6BrNO. The number of furan rings is 1. The fraction of sp³-hybridized carbons (Fsp3) is 0.100. The summed E-state index contributed by atoms with van der Waals surface area (Å²) in [6.07, 6.45) is 2.09. The van der Waals surface area contributed by atoms with Crippen LogP contribution in [0.1, 0.15) is 5.56 Å². The summed E-state index contributed by atoms with van der Waals surface area (Å²) in [4.78, 5) is 0. The van der Waals surface area contributed by atoms with Crippen LogP contribution in [0.15, 0.2) is 33.4 Å². The minimum atomic E-state index is 0.438. The molecule has 0 N–H and O–H groups in total. The van der Waals surface area contributed by atoms with Crippen LogP contribution in [0.4, 0.5) is 0 Å². The Morgan fingerprint density at radius 3 is 3.08 bits per heavy atom. The van der Waals surface area contributed by atoms with Gasteiger partial charge in [-0.2, -0.15) is 5.26 Å². The van der Waals surface area contributed by atoms with Crippen molar-refractivity contribution in [3.63, 3.8) is 0 Å². The Morgan fingerprint density at radius 1 is 1.46 bits per heavy atom. The molecule has 0 aliphatic rings. The lowest BCUT2D eigenvalue weighted by molar-refractivity contribution is 0.614. The number of fused-ring (bicyclic) bond motifs is 1. The highest BCUT2D eigenvalue weighted by Crippen LogP contribution is 2.26. The molecule has 0 saturated heterocycles. The topological polar surface area (TPSA) is 36.9 Å². The van der Waals surface area contributed by atoms with Crippen molar-refractivity contribution in [2.45, 2.75) is 6.42 Å². The van der Waals surface area contributed by atoms with E-state index in [1.165, 1.54) is 0 Å². The molecule has 0 aliphatic carbocycles. The maximum absolute atomic E-state index is 8.53. The van der Waals surface area contributed by atoms with E-state index in [4.69, 9.17) is 9.68 Å². The van der Waals surface area contributed by atoms with E-state index < -0.39 is 0 Å². The summed E-state index contributed by atoms with van der Waals surface area (Å²) in [5.74, 6) is 0. The number of rotatable bonds is 1. The molecule has 0 atom stereocenters. The van der Waals surface area contributed by atoms with Crippen molar-refractivity contribution < 1.29 is 4.42 Å². The standard InChI is InChI=1S/C10H6BrNO/c11-9-6-13-10-2-1-7(3-4-12)5-8(9)10/h1-2,5-6H,3H2. The zero-order chi connectivity index (χ0) is 9.26. The van der Waals surface area contributed by atoms with E-state index >= 15 is 0 Å². The van der Waals surface area contributed by atoms with Crippen LogP contribution in [-0.2, 0) is 6.42 Å². The molecule has 2 nitrogen and oxygen atoms in total. The number of nitrogens with zero attached hydrogens (tertiary/aromatic N) is 1. The molecule has 64 valence electrons. The Kier molecular flexibility index (Phi) is 2.07. The maximum Gasteiger partial charge on any atom is 0.135 e. The van der Waals surface area contributed by atoms with Crippen LogP contribution < -0.4 is 0 Å². The smallest absolute Gasteiger partial charge is 0.135 e. The van der Waals surface area contributed by atoms with Gasteiger partial charge in [0.1, 0.15) is 11.8 Å². The van der Waals surface area contributed by atoms with Gasteiger partial charge < -0.3 is 4.42 Å². The molecule has 2 rings (SSSR count). The first-order valence-electron chi connectivity index (χ1n) is 3.84. The van der Waals surface area contributed by atoms with E-state index in [-0.39, 0.29) is 0 Å². The van der Waals surface area contributed by atoms with Crippen LogP contribution in [0, 0.1) is 11.3 Å². The molecule has 0 amide bonds. The lowest BCUT2D eigenvalue weighted by Gasteiger charge is -1.93. The van der Waals surface area contributed by atoms with Crippen LogP contribution >= 0.6 is 15.9 Å². The highest BCUT2D eigenvalue weighted by atomic mass is 79.9. The minimum absolute atomic E-state index is 0.438. The molecule has 0 bridgehead atoms. The van der Waals surface area contributed by atoms with Crippen molar-refractivity contribution in [2.24, 2.45) is 0 Å². The van der Waals surface area contributed by atoms with Crippen LogP contribution in [0.25, 0.3) is 11.0 Å². The number of halogens is 1. The molecule has 0 aliphatic heterocycles. The lowest BCUT2D eigenvalue weighted by atomic mass is 10.1. The van der Waals surface area contributed by atoms with E-state index in [2.05, 4.69) is 22.0 Å². The lowest BCUT2D eigenvalue weighted by Crippen LogP contribution is -1.79. The minimum Gasteiger partial charge on any atom is -0.463 e. The highest BCUT2D eigenvalue weighted by molar-refractivity contribution is 9.10. The van der Waals surface area contributed by atoms with Gasteiger partial charge in [0.25, 0.3) is 0 Å². The van der Waals surface area contributed by atoms with Crippen molar-refractivity contribution >= 4 is 26.9 Å². The van der Waals surface area contributed by atoms with Gasteiger partial charge in [-0.3, -0.25) is 0 Å². The number of benzene rings is 1. The van der Waals surface area contributed by atoms with Crippen molar-refractivity contribution in [3.8, 4) is 6.07 Å². The molecule has 1 aromatic heterocycles. The zero-order valence-electron chi connectivity index (χ0n) is 6.75. The molecule has 13 heavy (non-hydrogen) atoms. The first-order chi connectivity index (χ1) is 6.31. The molecule has 0 unspecified atom stereocenters. The summed E-state index contributed by atoms with van der Waals surface area (Å²) in [5.41, 5.74) is 1.85. The first kappa shape index (κ1) is 8.33. The molecule has 2 aromatic rings. The molecule has 0 fully saturated rings. The van der Waals surface area contributed by atoms with Crippen molar-refractivity contribution in [2.75, 3.05) is 0 Å². The SMILES string of the molecule is N#CCc1ccc2occ(Br)c2c1. The van der Waals surface area contributed by atoms with E-state index in [0.29, 0.717) is 6.42 Å². The predicted octanol–water partition coefficient (Wildman–Crippen LogP) is 3.26. The largest absolute Gasteiger partial charge is 0.463 e. The van der Waals surface area contributed by atoms with E-state index in [1.54, 1.807) is 6.26 Å². The van der Waals surface area contributed by atoms with Crippen molar-refractivity contribution in [1.29, 1.82) is 5.26 Å². The van der Waals surface area contributed by atoms with Gasteiger partial charge in [-0.05, 0) is 33.6 Å². The molecular weight excluding hydrogens is 230 g/mol. The Balaban J connectivity index is 2.60. The van der Waals surface area contributed by atoms with Gasteiger partial charge in [-0.1, -0.05) is 6.07 Å². The third-order valence-electron chi connectivity index (χ3n) is 1.87. The first-order valence-corrected chi connectivity index (χ1v) is 4.63. The molecule has 3 heteroatoms. The van der Waals surface area contributed by atoms with Gasteiger partial charge in [-0.25, -0.2) is 0 Å². The maximum atomic E-state index is 8.53. The Labute approximate surface area is 83.9 Å². The summed E-state index contributed by atoms with van der Waals surface area (Å²) in [6.45, 7) is 0. The van der Waals surface area contributed by atoms with Crippen molar-refractivity contribution in [1.82, 2.24) is 0 Å². The Bertz CT molecular complexity index is 481. The number of hydrogen-bond acceptors (Lipinski definition) is 2. The van der Waals surface area contributed by atoms with Crippen LogP contribution in [0.3, 0.4) is 0 Å². The van der Waals surface area contributed by atoms with Crippen molar-refractivity contribution in [3.05, 3.63) is 34.5 Å². The van der Waals surface area contributed by atoms with Gasteiger partial charge in [0.2, 0.25) is 0 Å². The van der Waals surface area contributed by atoms with Crippen LogP contribution in [-0.4, -0.2) is 0 Å². The second-order valence-corrected chi connectivity index (χ2v) is 3.60. The normalized spacial score (nSPS) is 10.2. The second kappa shape index (κ2) is 3.23. The van der Waals surface area contributed by atoms with Crippen LogP contribution in [0.5, 0.6) is 0 Å². The van der Waals surface area contributed by atoms with Gasteiger partial charge in [0.15, 0.2) is 0 Å². The fourth-order valence-electron chi connectivity index (χ4n) is 1.25. The molecule has 0 spiro atoms. The second-order valence-electron chi connectivity index (χ2n) is 2.75. The quantitative estimate of drug-likeness (QED) is 0.761. The zero-order valence-corrected chi connectivity index (χ0v) is 8.34. The summed E-state index contributed by atoms with van der Waals surface area (Å²) < 4.78 is 6.18. The van der Waals surface area contributed by atoms with Gasteiger partial charge in [-0.15, -0.1) is 0 Å². The molecule has 0 saturated carbocycles.